The number of hydrogen-bond acceptors (Lipinski definition) is 3. The first-order valence-electron chi connectivity index (χ1n) is 2.71. The summed E-state index contributed by atoms with van der Waals surface area (Å²) in [5, 5.41) is 9.17. The third kappa shape index (κ3) is 1.16. The third-order valence-electron chi connectivity index (χ3n) is 0.931. The molecular formula is C4H8N4O. The van der Waals surface area contributed by atoms with Gasteiger partial charge in [0.25, 0.3) is 0 Å². The number of nitrogens with zero attached hydrogens (tertiary/aromatic N) is 3. The third-order valence-corrected chi connectivity index (χ3v) is 0.931. The minimum atomic E-state index is -0.399. The molecule has 0 saturated carbocycles. The van der Waals surface area contributed by atoms with Gasteiger partial charge in [-0.2, -0.15) is 4.80 Å². The van der Waals surface area contributed by atoms with Crippen LogP contribution in [0.4, 0.5) is 0 Å². The minimum Gasteiger partial charge on any atom is -0.242 e. The first-order chi connectivity index (χ1) is 4.20. The molecule has 1 heterocycles. The fraction of sp³-hybridized carbons (Fsp3) is 0.750. The number of hydrogen-bond donors (Lipinski definition) is 1. The molecule has 0 fully saturated rings. The molecule has 0 unspecified atom stereocenters. The molecule has 0 aromatic carbocycles. The van der Waals surface area contributed by atoms with E-state index < -0.39 is 5.69 Å². The van der Waals surface area contributed by atoms with Crippen LogP contribution < -0.4 is 5.69 Å². The van der Waals surface area contributed by atoms with E-state index in [9.17, 15) is 4.79 Å². The highest BCUT2D eigenvalue weighted by Crippen LogP contribution is 1.92. The number of nitrogens with one attached hydrogen (secondary N) is 1. The van der Waals surface area contributed by atoms with Crippen LogP contribution in [0, 0.1) is 0 Å². The molecule has 0 amide bonds. The van der Waals surface area contributed by atoms with Gasteiger partial charge in [0.1, 0.15) is 0 Å². The lowest BCUT2D eigenvalue weighted by molar-refractivity contribution is 0.454. The fourth-order valence-electron chi connectivity index (χ4n) is 0.464. The smallest absolute Gasteiger partial charge is 0.242 e. The van der Waals surface area contributed by atoms with E-state index in [1.54, 1.807) is 0 Å². The number of H-pyrrole nitrogens is 1. The molecule has 1 aromatic rings. The van der Waals surface area contributed by atoms with Gasteiger partial charge in [-0.05, 0) is 19.1 Å². The van der Waals surface area contributed by atoms with Crippen LogP contribution in [0.25, 0.3) is 0 Å². The monoisotopic (exact) mass is 128 g/mol. The Bertz CT molecular complexity index is 235. The highest BCUT2D eigenvalue weighted by molar-refractivity contribution is 4.48. The standard InChI is InChI=1S/C4H8N4O/c1-3(2)8-6-4(9)5-7-8/h3H,1-2H3,(H,6,9). The van der Waals surface area contributed by atoms with Crippen molar-refractivity contribution in [3.63, 3.8) is 0 Å². The molecule has 1 N–H and O–H groups in total. The molecule has 0 atom stereocenters. The van der Waals surface area contributed by atoms with Gasteiger partial charge in [-0.25, -0.2) is 9.89 Å². The Hall–Kier alpha value is -1.13. The lowest BCUT2D eigenvalue weighted by Gasteiger charge is -1.99. The zero-order valence-corrected chi connectivity index (χ0v) is 5.33. The molecule has 9 heavy (non-hydrogen) atoms. The molecule has 0 aliphatic rings. The van der Waals surface area contributed by atoms with Gasteiger partial charge >= 0.3 is 5.69 Å². The predicted molar refractivity (Wildman–Crippen MR) is 31.0 cm³/mol. The zero-order chi connectivity index (χ0) is 6.85. The second kappa shape index (κ2) is 2.00. The molecule has 0 radical (unpaired) electrons. The summed E-state index contributed by atoms with van der Waals surface area (Å²) in [6.07, 6.45) is 0. The Morgan fingerprint density at radius 2 is 2.33 bits per heavy atom. The minimum absolute atomic E-state index is 0.167. The van der Waals surface area contributed by atoms with Crippen LogP contribution in [-0.4, -0.2) is 20.2 Å². The van der Waals surface area contributed by atoms with Crippen molar-refractivity contribution < 1.29 is 0 Å². The van der Waals surface area contributed by atoms with Crippen molar-refractivity contribution in [1.82, 2.24) is 20.2 Å². The van der Waals surface area contributed by atoms with Crippen molar-refractivity contribution >= 4 is 0 Å². The van der Waals surface area contributed by atoms with Gasteiger partial charge in [0.2, 0.25) is 0 Å². The second-order valence-corrected chi connectivity index (χ2v) is 2.04. The molecule has 1 aromatic heterocycles. The summed E-state index contributed by atoms with van der Waals surface area (Å²) in [5.74, 6) is 0. The van der Waals surface area contributed by atoms with Crippen LogP contribution in [0.2, 0.25) is 0 Å². The fourth-order valence-corrected chi connectivity index (χ4v) is 0.464. The van der Waals surface area contributed by atoms with Crippen molar-refractivity contribution in [2.45, 2.75) is 19.9 Å². The molecule has 0 bridgehead atoms. The molecule has 0 aliphatic heterocycles. The molecule has 5 nitrogen and oxygen atoms in total. The Kier molecular flexibility index (Phi) is 1.33. The van der Waals surface area contributed by atoms with Gasteiger partial charge in [-0.3, -0.25) is 0 Å². The van der Waals surface area contributed by atoms with E-state index in [1.165, 1.54) is 4.80 Å². The first kappa shape index (κ1) is 6.00. The summed E-state index contributed by atoms with van der Waals surface area (Å²) in [7, 11) is 0. The van der Waals surface area contributed by atoms with Crippen LogP contribution in [0.3, 0.4) is 0 Å². The van der Waals surface area contributed by atoms with Crippen LogP contribution in [0.1, 0.15) is 19.9 Å². The maximum atomic E-state index is 10.3. The average molecular weight is 128 g/mol. The normalized spacial score (nSPS) is 10.6. The van der Waals surface area contributed by atoms with E-state index in [0.717, 1.165) is 0 Å². The Morgan fingerprint density at radius 3 is 2.56 bits per heavy atom. The SMILES string of the molecule is CC(C)n1nnc(=O)[nH]1. The van der Waals surface area contributed by atoms with Crippen LogP contribution >= 0.6 is 0 Å². The summed E-state index contributed by atoms with van der Waals surface area (Å²) in [6, 6.07) is 0.167. The van der Waals surface area contributed by atoms with Gasteiger partial charge < -0.3 is 0 Å². The summed E-state index contributed by atoms with van der Waals surface area (Å²) < 4.78 is 0. The molecule has 50 valence electrons. The van der Waals surface area contributed by atoms with Crippen molar-refractivity contribution in [2.24, 2.45) is 0 Å². The number of aromatic nitrogens is 4. The van der Waals surface area contributed by atoms with Crippen molar-refractivity contribution in [3.8, 4) is 0 Å². The van der Waals surface area contributed by atoms with Gasteiger partial charge in [-0.1, -0.05) is 5.10 Å². The molecule has 0 saturated heterocycles. The van der Waals surface area contributed by atoms with Crippen molar-refractivity contribution in [2.75, 3.05) is 0 Å². The second-order valence-electron chi connectivity index (χ2n) is 2.04. The first-order valence-corrected chi connectivity index (χ1v) is 2.71. The van der Waals surface area contributed by atoms with E-state index in [1.807, 2.05) is 13.8 Å². The highest BCUT2D eigenvalue weighted by atomic mass is 16.2. The van der Waals surface area contributed by atoms with Gasteiger partial charge in [0.05, 0.1) is 6.04 Å². The molecule has 0 spiro atoms. The molecule has 1 rings (SSSR count). The van der Waals surface area contributed by atoms with Crippen LogP contribution in [0.5, 0.6) is 0 Å². The molecule has 5 heteroatoms. The van der Waals surface area contributed by atoms with Gasteiger partial charge in [-0.15, -0.1) is 0 Å². The van der Waals surface area contributed by atoms with E-state index in [4.69, 9.17) is 0 Å². The van der Waals surface area contributed by atoms with Crippen LogP contribution in [0.15, 0.2) is 4.79 Å². The average Bonchev–Trinajstić information content (AvgIpc) is 2.14. The number of rotatable bonds is 1. The largest absolute Gasteiger partial charge is 0.381 e. The molecule has 0 aliphatic carbocycles. The summed E-state index contributed by atoms with van der Waals surface area (Å²) in [4.78, 5) is 11.7. The van der Waals surface area contributed by atoms with Crippen molar-refractivity contribution in [3.05, 3.63) is 10.5 Å². The van der Waals surface area contributed by atoms with E-state index in [0.29, 0.717) is 0 Å². The Morgan fingerprint density at radius 1 is 1.67 bits per heavy atom. The predicted octanol–water partition coefficient (Wildman–Crippen LogP) is -0.453. The maximum absolute atomic E-state index is 10.3. The number of tetrazole rings is 1. The molecular weight excluding hydrogens is 120 g/mol. The lowest BCUT2D eigenvalue weighted by Crippen LogP contribution is -2.08. The summed E-state index contributed by atoms with van der Waals surface area (Å²) >= 11 is 0. The highest BCUT2D eigenvalue weighted by Gasteiger charge is 1.97. The van der Waals surface area contributed by atoms with E-state index in [-0.39, 0.29) is 6.04 Å². The van der Waals surface area contributed by atoms with E-state index in [2.05, 4.69) is 15.4 Å². The summed E-state index contributed by atoms with van der Waals surface area (Å²) in [5.41, 5.74) is -0.399. The topological polar surface area (TPSA) is 63.6 Å². The van der Waals surface area contributed by atoms with Crippen molar-refractivity contribution in [1.29, 1.82) is 0 Å². The van der Waals surface area contributed by atoms with Gasteiger partial charge in [0.15, 0.2) is 0 Å². The quantitative estimate of drug-likeness (QED) is 0.557. The van der Waals surface area contributed by atoms with Gasteiger partial charge in [0, 0.05) is 0 Å². The Labute approximate surface area is 51.7 Å². The number of aromatic amines is 1. The lowest BCUT2D eigenvalue weighted by atomic mass is 10.4. The van der Waals surface area contributed by atoms with E-state index >= 15 is 0 Å². The maximum Gasteiger partial charge on any atom is 0.381 e. The zero-order valence-electron chi connectivity index (χ0n) is 5.33. The van der Waals surface area contributed by atoms with Crippen LogP contribution in [-0.2, 0) is 0 Å². The summed E-state index contributed by atoms with van der Waals surface area (Å²) in [6.45, 7) is 3.81. The Balaban J connectivity index is 2.98.